The lowest BCUT2D eigenvalue weighted by Crippen LogP contribution is -2.22. The van der Waals surface area contributed by atoms with Gasteiger partial charge in [-0.3, -0.25) is 14.2 Å². The van der Waals surface area contributed by atoms with Crippen LogP contribution in [0.25, 0.3) is 0 Å². The van der Waals surface area contributed by atoms with E-state index in [2.05, 4.69) is 0 Å². The third-order valence-corrected chi connectivity index (χ3v) is 8.19. The van der Waals surface area contributed by atoms with Gasteiger partial charge >= 0.3 is 0 Å². The maximum absolute atomic E-state index is 14.5. The first-order valence-corrected chi connectivity index (χ1v) is 14.4. The van der Waals surface area contributed by atoms with E-state index in [-0.39, 0.29) is 94.5 Å². The molecule has 0 spiro atoms. The van der Waals surface area contributed by atoms with Crippen molar-refractivity contribution < 1.29 is 47.3 Å². The van der Waals surface area contributed by atoms with Crippen molar-refractivity contribution >= 4 is 71.7 Å². The fourth-order valence-corrected chi connectivity index (χ4v) is 6.29. The number of carbonyl (C=O) groups excluding carboxylic acids is 2. The molecule has 3 rings (SSSR count). The van der Waals surface area contributed by atoms with Crippen LogP contribution in [0.1, 0.15) is 38.8 Å². The van der Waals surface area contributed by atoms with E-state index in [0.717, 1.165) is 0 Å². The molecule has 0 aliphatic heterocycles. The maximum Gasteiger partial charge on any atom is 0.206 e. The molecule has 3 aromatic rings. The highest BCUT2D eigenvalue weighted by Crippen LogP contribution is 2.52. The minimum atomic E-state index is -0.919. The Labute approximate surface area is 269 Å². The molecule has 0 amide bonds. The van der Waals surface area contributed by atoms with Gasteiger partial charge in [-0.2, -0.15) is 0 Å². The third kappa shape index (κ3) is 5.87. The number of hydrogen-bond donors (Lipinski definition) is 0. The Morgan fingerprint density at radius 1 is 0.581 bits per heavy atom. The van der Waals surface area contributed by atoms with Gasteiger partial charge in [0, 0.05) is 0 Å². The molecule has 3 aromatic carbocycles. The van der Waals surface area contributed by atoms with Crippen molar-refractivity contribution in [1.29, 1.82) is 0 Å². The summed E-state index contributed by atoms with van der Waals surface area (Å²) in [7, 11) is 7.24. The van der Waals surface area contributed by atoms with E-state index in [0.29, 0.717) is 0 Å². The topological polar surface area (TPSA) is 116 Å². The fraction of sp³-hybridized carbons (Fsp3) is 0.286. The first-order valence-electron chi connectivity index (χ1n) is 12.1. The second kappa shape index (κ2) is 14.6. The van der Waals surface area contributed by atoms with Gasteiger partial charge in [0.15, 0.2) is 37.2 Å². The van der Waals surface area contributed by atoms with E-state index >= 15 is 0 Å². The molecule has 230 valence electrons. The lowest BCUT2D eigenvalue weighted by atomic mass is 9.91. The lowest BCUT2D eigenvalue weighted by molar-refractivity contribution is 0.100. The molecule has 0 aromatic heterocycles. The van der Waals surface area contributed by atoms with Crippen molar-refractivity contribution in [3.05, 3.63) is 54.5 Å². The van der Waals surface area contributed by atoms with Crippen molar-refractivity contribution in [1.82, 2.24) is 0 Å². The normalized spacial score (nSPS) is 10.8. The SMILES string of the molecule is CCOc1ccc(P=O)c(C(=O)c2c(Cl)c(OC)c(OC)c(OC)c2Cl)c1C(=O)c1c(Cl)c(OC)c(OC)c(OC)c1Cl. The zero-order valence-electron chi connectivity index (χ0n) is 23.9. The van der Waals surface area contributed by atoms with E-state index in [1.54, 1.807) is 6.92 Å². The second-order valence-electron chi connectivity index (χ2n) is 8.22. The van der Waals surface area contributed by atoms with Gasteiger partial charge in [0.05, 0.1) is 96.9 Å². The predicted octanol–water partition coefficient (Wildman–Crippen LogP) is 7.13. The van der Waals surface area contributed by atoms with Crippen LogP contribution in [0.2, 0.25) is 20.1 Å². The van der Waals surface area contributed by atoms with Gasteiger partial charge in [0.25, 0.3) is 0 Å². The van der Waals surface area contributed by atoms with Gasteiger partial charge in [-0.1, -0.05) is 46.4 Å². The van der Waals surface area contributed by atoms with Crippen LogP contribution < -0.4 is 38.5 Å². The Hall–Kier alpha value is -3.14. The lowest BCUT2D eigenvalue weighted by Gasteiger charge is -2.21. The highest BCUT2D eigenvalue weighted by molar-refractivity contribution is 7.34. The summed E-state index contributed by atoms with van der Waals surface area (Å²) in [5, 5.41) is -1.10. The average Bonchev–Trinajstić information content (AvgIpc) is 3.00. The summed E-state index contributed by atoms with van der Waals surface area (Å²) in [6, 6.07) is 2.73. The number of halogens is 4. The van der Waals surface area contributed by atoms with Crippen LogP contribution >= 0.6 is 54.9 Å². The zero-order chi connectivity index (χ0) is 32.2. The number of benzene rings is 3. The van der Waals surface area contributed by atoms with Gasteiger partial charge in [0.1, 0.15) is 5.75 Å². The Bertz CT molecular complexity index is 1550. The van der Waals surface area contributed by atoms with E-state index in [9.17, 15) is 14.2 Å². The molecule has 15 heteroatoms. The molecule has 0 heterocycles. The summed E-state index contributed by atoms with van der Waals surface area (Å²) in [5.41, 5.74) is -1.35. The van der Waals surface area contributed by atoms with Gasteiger partial charge in [-0.05, 0) is 19.1 Å². The fourth-order valence-electron chi connectivity index (χ4n) is 4.38. The molecule has 43 heavy (non-hydrogen) atoms. The summed E-state index contributed by atoms with van der Waals surface area (Å²) in [6.45, 7) is 1.76. The molecule has 0 fully saturated rings. The summed E-state index contributed by atoms with van der Waals surface area (Å²) in [5.74, 6) is -2.08. The number of methoxy groups -OCH3 is 6. The summed E-state index contributed by atoms with van der Waals surface area (Å²) < 4.78 is 50.4. The Kier molecular flexibility index (Phi) is 11.6. The monoisotopic (exact) mass is 692 g/mol. The first-order chi connectivity index (χ1) is 20.5. The summed E-state index contributed by atoms with van der Waals surface area (Å²) in [4.78, 5) is 28.9. The van der Waals surface area contributed by atoms with Crippen LogP contribution in [0.5, 0.6) is 40.2 Å². The number of ether oxygens (including phenoxy) is 7. The third-order valence-electron chi connectivity index (χ3n) is 6.18. The van der Waals surface area contributed by atoms with Crippen LogP contribution in [-0.2, 0) is 4.57 Å². The molecular formula is C28H25Cl4O10P. The molecule has 0 N–H and O–H groups in total. The Morgan fingerprint density at radius 3 is 1.23 bits per heavy atom. The average molecular weight is 694 g/mol. The zero-order valence-corrected chi connectivity index (χ0v) is 27.8. The van der Waals surface area contributed by atoms with E-state index in [4.69, 9.17) is 79.6 Å². The number of hydrogen-bond acceptors (Lipinski definition) is 10. The first kappa shape index (κ1) is 34.4. The molecule has 0 aliphatic rings. The summed E-state index contributed by atoms with van der Waals surface area (Å²) in [6.07, 6.45) is 0. The van der Waals surface area contributed by atoms with Gasteiger partial charge in [-0.15, -0.1) is 0 Å². The second-order valence-corrected chi connectivity index (χ2v) is 10.4. The molecule has 0 saturated heterocycles. The maximum atomic E-state index is 14.5. The quantitative estimate of drug-likeness (QED) is 0.135. The Balaban J connectivity index is 2.53. The van der Waals surface area contributed by atoms with Crippen LogP contribution in [0, 0.1) is 0 Å². The van der Waals surface area contributed by atoms with Gasteiger partial charge < -0.3 is 33.2 Å². The van der Waals surface area contributed by atoms with Crippen molar-refractivity contribution in [3.63, 3.8) is 0 Å². The molecule has 0 saturated carbocycles. The van der Waals surface area contributed by atoms with E-state index in [1.165, 1.54) is 54.8 Å². The largest absolute Gasteiger partial charge is 0.493 e. The Morgan fingerprint density at radius 2 is 0.930 bits per heavy atom. The number of rotatable bonds is 13. The molecule has 0 unspecified atom stereocenters. The van der Waals surface area contributed by atoms with E-state index in [1.807, 2.05) is 0 Å². The van der Waals surface area contributed by atoms with Crippen molar-refractivity contribution in [2.45, 2.75) is 6.92 Å². The van der Waals surface area contributed by atoms with E-state index < -0.39 is 20.0 Å². The standard InChI is InChI=1S/C28H25Cl4O10P/c1-8-42-11-9-10-12(43-35)14(22(34)16-19(31)25(38-4)28(41-7)26(39-5)20(16)32)13(11)21(33)15-17(29)23(36-2)27(40-6)24(37-3)18(15)30/h9-10H,8H2,1-7H3. The molecule has 0 aliphatic carbocycles. The van der Waals surface area contributed by atoms with Crippen molar-refractivity contribution in [3.8, 4) is 40.2 Å². The molecule has 10 nitrogen and oxygen atoms in total. The highest BCUT2D eigenvalue weighted by atomic mass is 35.5. The molecule has 0 bridgehead atoms. The minimum absolute atomic E-state index is 0.0223. The summed E-state index contributed by atoms with van der Waals surface area (Å²) >= 11 is 26.5. The molecule has 0 radical (unpaired) electrons. The predicted molar refractivity (Wildman–Crippen MR) is 164 cm³/mol. The highest BCUT2D eigenvalue weighted by Gasteiger charge is 2.37. The van der Waals surface area contributed by atoms with Crippen LogP contribution in [-0.4, -0.2) is 60.8 Å². The molecular weight excluding hydrogens is 669 g/mol. The van der Waals surface area contributed by atoms with Crippen LogP contribution in [0.15, 0.2) is 12.1 Å². The van der Waals surface area contributed by atoms with Crippen LogP contribution in [0.3, 0.4) is 0 Å². The van der Waals surface area contributed by atoms with Crippen molar-refractivity contribution in [2.75, 3.05) is 49.3 Å². The number of ketones is 2. The van der Waals surface area contributed by atoms with Gasteiger partial charge in [0.2, 0.25) is 17.3 Å². The minimum Gasteiger partial charge on any atom is -0.493 e. The number of carbonyl (C=O) groups is 2. The van der Waals surface area contributed by atoms with Crippen molar-refractivity contribution in [2.24, 2.45) is 0 Å². The van der Waals surface area contributed by atoms with Gasteiger partial charge in [-0.25, -0.2) is 0 Å². The van der Waals surface area contributed by atoms with Crippen LogP contribution in [0.4, 0.5) is 0 Å². The molecule has 0 atom stereocenters. The smallest absolute Gasteiger partial charge is 0.206 e.